The van der Waals surface area contributed by atoms with E-state index in [0.717, 1.165) is 0 Å². The molecule has 0 saturated heterocycles. The van der Waals surface area contributed by atoms with E-state index >= 15 is 0 Å². The SMILES string of the molecule is NCC(=O)NC1CCOc2c(F)cccc2C1O. The third kappa shape index (κ3) is 2.44. The van der Waals surface area contributed by atoms with Gasteiger partial charge >= 0.3 is 0 Å². The Balaban J connectivity index is 2.26. The summed E-state index contributed by atoms with van der Waals surface area (Å²) in [6, 6.07) is 3.82. The van der Waals surface area contributed by atoms with Crippen LogP contribution in [-0.2, 0) is 4.79 Å². The number of rotatable bonds is 2. The van der Waals surface area contributed by atoms with Crippen molar-refractivity contribution in [1.29, 1.82) is 0 Å². The van der Waals surface area contributed by atoms with Crippen LogP contribution in [0.2, 0.25) is 0 Å². The monoisotopic (exact) mass is 254 g/mol. The zero-order valence-electron chi connectivity index (χ0n) is 9.73. The molecule has 0 bridgehead atoms. The van der Waals surface area contributed by atoms with Crippen LogP contribution in [0.1, 0.15) is 18.1 Å². The summed E-state index contributed by atoms with van der Waals surface area (Å²) in [4.78, 5) is 11.3. The molecular weight excluding hydrogens is 239 g/mol. The van der Waals surface area contributed by atoms with Gasteiger partial charge in [-0.15, -0.1) is 0 Å². The number of aliphatic hydroxyl groups is 1. The molecule has 2 atom stereocenters. The van der Waals surface area contributed by atoms with Gasteiger partial charge in [-0.3, -0.25) is 4.79 Å². The third-order valence-corrected chi connectivity index (χ3v) is 2.90. The Hall–Kier alpha value is -1.66. The molecule has 0 aromatic heterocycles. The molecule has 1 aromatic carbocycles. The zero-order chi connectivity index (χ0) is 13.1. The van der Waals surface area contributed by atoms with E-state index in [9.17, 15) is 14.3 Å². The van der Waals surface area contributed by atoms with E-state index in [-0.39, 0.29) is 24.8 Å². The lowest BCUT2D eigenvalue weighted by Gasteiger charge is -2.21. The first-order valence-electron chi connectivity index (χ1n) is 5.72. The number of carbonyl (C=O) groups excluding carboxylic acids is 1. The topological polar surface area (TPSA) is 84.6 Å². The molecule has 18 heavy (non-hydrogen) atoms. The summed E-state index contributed by atoms with van der Waals surface area (Å²) in [6.07, 6.45) is -0.616. The summed E-state index contributed by atoms with van der Waals surface area (Å²) in [7, 11) is 0. The maximum atomic E-state index is 13.5. The van der Waals surface area contributed by atoms with Crippen LogP contribution in [0.3, 0.4) is 0 Å². The van der Waals surface area contributed by atoms with Crippen molar-refractivity contribution in [2.24, 2.45) is 5.73 Å². The molecule has 6 heteroatoms. The number of ether oxygens (including phenoxy) is 1. The molecule has 1 amide bonds. The number of carbonyl (C=O) groups is 1. The Morgan fingerprint density at radius 1 is 1.61 bits per heavy atom. The average Bonchev–Trinajstić information content (AvgIpc) is 2.52. The van der Waals surface area contributed by atoms with E-state index in [0.29, 0.717) is 12.0 Å². The lowest BCUT2D eigenvalue weighted by Crippen LogP contribution is -2.42. The van der Waals surface area contributed by atoms with Gasteiger partial charge in [0.1, 0.15) is 6.10 Å². The Morgan fingerprint density at radius 3 is 3.11 bits per heavy atom. The van der Waals surface area contributed by atoms with Gasteiger partial charge in [-0.2, -0.15) is 0 Å². The van der Waals surface area contributed by atoms with E-state index < -0.39 is 18.0 Å². The summed E-state index contributed by atoms with van der Waals surface area (Å²) in [5, 5.41) is 12.8. The van der Waals surface area contributed by atoms with Crippen molar-refractivity contribution in [3.05, 3.63) is 29.6 Å². The number of hydrogen-bond donors (Lipinski definition) is 3. The quantitative estimate of drug-likeness (QED) is 0.698. The lowest BCUT2D eigenvalue weighted by molar-refractivity contribution is -0.121. The highest BCUT2D eigenvalue weighted by molar-refractivity contribution is 5.78. The van der Waals surface area contributed by atoms with Gasteiger partial charge in [0.15, 0.2) is 11.6 Å². The van der Waals surface area contributed by atoms with E-state index in [2.05, 4.69) is 5.32 Å². The van der Waals surface area contributed by atoms with E-state index in [4.69, 9.17) is 10.5 Å². The molecule has 2 rings (SSSR count). The molecule has 1 heterocycles. The van der Waals surface area contributed by atoms with Crippen molar-refractivity contribution in [1.82, 2.24) is 5.32 Å². The molecule has 2 unspecified atom stereocenters. The van der Waals surface area contributed by atoms with Gasteiger partial charge in [-0.25, -0.2) is 4.39 Å². The fourth-order valence-electron chi connectivity index (χ4n) is 1.99. The number of aliphatic hydroxyl groups excluding tert-OH is 1. The highest BCUT2D eigenvalue weighted by atomic mass is 19.1. The van der Waals surface area contributed by atoms with Crippen LogP contribution in [-0.4, -0.2) is 30.2 Å². The van der Waals surface area contributed by atoms with Crippen LogP contribution in [0.15, 0.2) is 18.2 Å². The summed E-state index contributed by atoms with van der Waals surface area (Å²) >= 11 is 0. The van der Waals surface area contributed by atoms with Crippen molar-refractivity contribution < 1.29 is 19.0 Å². The highest BCUT2D eigenvalue weighted by Crippen LogP contribution is 2.33. The van der Waals surface area contributed by atoms with E-state index in [1.54, 1.807) is 6.07 Å². The van der Waals surface area contributed by atoms with Crippen molar-refractivity contribution in [2.45, 2.75) is 18.6 Å². The highest BCUT2D eigenvalue weighted by Gasteiger charge is 2.29. The van der Waals surface area contributed by atoms with Crippen LogP contribution in [0, 0.1) is 5.82 Å². The minimum atomic E-state index is -1.01. The number of halogens is 1. The number of nitrogens with two attached hydrogens (primary N) is 1. The van der Waals surface area contributed by atoms with Crippen LogP contribution >= 0.6 is 0 Å². The Bertz CT molecular complexity index is 453. The first-order valence-corrected chi connectivity index (χ1v) is 5.72. The number of para-hydroxylation sites is 1. The molecule has 1 aromatic rings. The largest absolute Gasteiger partial charge is 0.490 e. The minimum Gasteiger partial charge on any atom is -0.490 e. The van der Waals surface area contributed by atoms with Gasteiger partial charge in [0.2, 0.25) is 5.91 Å². The molecule has 98 valence electrons. The van der Waals surface area contributed by atoms with E-state index in [1.165, 1.54) is 12.1 Å². The first kappa shape index (κ1) is 12.8. The Labute approximate surface area is 104 Å². The van der Waals surface area contributed by atoms with Gasteiger partial charge in [0.05, 0.1) is 19.2 Å². The summed E-state index contributed by atoms with van der Waals surface area (Å²) < 4.78 is 18.8. The van der Waals surface area contributed by atoms with Gasteiger partial charge in [0.25, 0.3) is 0 Å². The standard InChI is InChI=1S/C12H15FN2O3/c13-8-3-1-2-7-11(17)9(15-10(16)6-14)4-5-18-12(7)8/h1-3,9,11,17H,4-6,14H2,(H,15,16). The van der Waals surface area contributed by atoms with Crippen molar-refractivity contribution in [3.63, 3.8) is 0 Å². The molecule has 0 aliphatic carbocycles. The van der Waals surface area contributed by atoms with Gasteiger partial charge in [-0.05, 0) is 6.07 Å². The molecular formula is C12H15FN2O3. The second-order valence-electron chi connectivity index (χ2n) is 4.12. The fourth-order valence-corrected chi connectivity index (χ4v) is 1.99. The van der Waals surface area contributed by atoms with Crippen molar-refractivity contribution in [2.75, 3.05) is 13.2 Å². The Morgan fingerprint density at radius 2 is 2.39 bits per heavy atom. The minimum absolute atomic E-state index is 0.0505. The van der Waals surface area contributed by atoms with Crippen LogP contribution in [0.5, 0.6) is 5.75 Å². The molecule has 0 spiro atoms. The van der Waals surface area contributed by atoms with Gasteiger partial charge in [-0.1, -0.05) is 12.1 Å². The first-order chi connectivity index (χ1) is 8.63. The van der Waals surface area contributed by atoms with Crippen molar-refractivity contribution in [3.8, 4) is 5.75 Å². The second kappa shape index (κ2) is 5.32. The number of amides is 1. The number of benzene rings is 1. The fraction of sp³-hybridized carbons (Fsp3) is 0.417. The lowest BCUT2D eigenvalue weighted by atomic mass is 10.00. The number of hydrogen-bond acceptors (Lipinski definition) is 4. The van der Waals surface area contributed by atoms with Crippen LogP contribution in [0.25, 0.3) is 0 Å². The molecule has 1 aliphatic rings. The van der Waals surface area contributed by atoms with Crippen LogP contribution in [0.4, 0.5) is 4.39 Å². The molecule has 5 nitrogen and oxygen atoms in total. The maximum Gasteiger partial charge on any atom is 0.234 e. The third-order valence-electron chi connectivity index (χ3n) is 2.90. The predicted octanol–water partition coefficient (Wildman–Crippen LogP) is 0.0851. The molecule has 1 aliphatic heterocycles. The smallest absolute Gasteiger partial charge is 0.234 e. The van der Waals surface area contributed by atoms with E-state index in [1.807, 2.05) is 0 Å². The Kier molecular flexibility index (Phi) is 3.78. The average molecular weight is 254 g/mol. The molecule has 0 saturated carbocycles. The number of nitrogens with one attached hydrogen (secondary N) is 1. The predicted molar refractivity (Wildman–Crippen MR) is 62.5 cm³/mol. The second-order valence-corrected chi connectivity index (χ2v) is 4.12. The molecule has 0 radical (unpaired) electrons. The maximum absolute atomic E-state index is 13.5. The summed E-state index contributed by atoms with van der Waals surface area (Å²) in [6.45, 7) is 0.0700. The van der Waals surface area contributed by atoms with Crippen molar-refractivity contribution >= 4 is 5.91 Å². The molecule has 4 N–H and O–H groups in total. The normalized spacial score (nSPS) is 22.6. The molecule has 0 fully saturated rings. The summed E-state index contributed by atoms with van der Waals surface area (Å²) in [5.41, 5.74) is 5.55. The van der Waals surface area contributed by atoms with Gasteiger partial charge in [0, 0.05) is 12.0 Å². The zero-order valence-corrected chi connectivity index (χ0v) is 9.73. The summed E-state index contributed by atoms with van der Waals surface area (Å²) in [5.74, 6) is -0.828. The van der Waals surface area contributed by atoms with Gasteiger partial charge < -0.3 is 20.9 Å². The van der Waals surface area contributed by atoms with Crippen LogP contribution < -0.4 is 15.8 Å². The number of fused-ring (bicyclic) bond motifs is 1.